The number of rotatable bonds is 2. The van der Waals surface area contributed by atoms with Gasteiger partial charge in [0.2, 0.25) is 0 Å². The highest BCUT2D eigenvalue weighted by atomic mass is 79.9. The molecule has 0 bridgehead atoms. The van der Waals surface area contributed by atoms with E-state index in [1.165, 1.54) is 28.1 Å². The van der Waals surface area contributed by atoms with Crippen molar-refractivity contribution in [2.45, 2.75) is 43.3 Å². The van der Waals surface area contributed by atoms with Gasteiger partial charge in [-0.1, -0.05) is 45.5 Å². The molecule has 134 valence electrons. The molecule has 0 fully saturated rings. The summed E-state index contributed by atoms with van der Waals surface area (Å²) in [5.74, 6) is 0.978. The number of nitrogens with zero attached hydrogens (tertiary/aromatic N) is 2. The van der Waals surface area contributed by atoms with Crippen molar-refractivity contribution in [2.75, 3.05) is 11.1 Å². The van der Waals surface area contributed by atoms with Crippen molar-refractivity contribution in [1.82, 2.24) is 4.57 Å². The maximum absolute atomic E-state index is 13.7. The molecule has 1 aromatic carbocycles. The fourth-order valence-corrected chi connectivity index (χ4v) is 7.82. The molecular weight excluding hydrogens is 428 g/mol. The predicted molar refractivity (Wildman–Crippen MR) is 112 cm³/mol. The second-order valence-corrected chi connectivity index (χ2v) is 9.99. The molecule has 1 aliphatic heterocycles. The Kier molecular flexibility index (Phi) is 4.07. The van der Waals surface area contributed by atoms with Gasteiger partial charge in [-0.15, -0.1) is 0 Å². The SMILES string of the molecule is C[C@@]1(CBr)CSc2n(-c3ccccc3)c(=O)c3c4c(sc3[n+]21)CCCC4. The van der Waals surface area contributed by atoms with Crippen LogP contribution in [0.15, 0.2) is 40.3 Å². The molecule has 0 saturated carbocycles. The van der Waals surface area contributed by atoms with Gasteiger partial charge in [-0.3, -0.25) is 0 Å². The minimum atomic E-state index is -0.0179. The molecule has 0 N–H and O–H groups in total. The molecule has 1 atom stereocenters. The fourth-order valence-electron chi connectivity index (χ4n) is 4.11. The van der Waals surface area contributed by atoms with Crippen LogP contribution in [0.3, 0.4) is 0 Å². The zero-order chi connectivity index (χ0) is 17.9. The molecule has 0 spiro atoms. The Hall–Kier alpha value is -1.11. The predicted octanol–water partition coefficient (Wildman–Crippen LogP) is 4.43. The summed E-state index contributed by atoms with van der Waals surface area (Å²) in [5, 5.41) is 2.91. The lowest BCUT2D eigenvalue weighted by Crippen LogP contribution is -2.57. The third kappa shape index (κ3) is 2.31. The molecule has 26 heavy (non-hydrogen) atoms. The molecule has 0 unspecified atom stereocenters. The summed E-state index contributed by atoms with van der Waals surface area (Å²) in [6, 6.07) is 10.1. The van der Waals surface area contributed by atoms with E-state index in [1.54, 1.807) is 11.8 Å². The zero-order valence-electron chi connectivity index (χ0n) is 14.6. The average molecular weight is 448 g/mol. The Bertz CT molecular complexity index is 1070. The summed E-state index contributed by atoms with van der Waals surface area (Å²) in [6.07, 6.45) is 4.59. The number of fused-ring (bicyclic) bond motifs is 5. The topological polar surface area (TPSA) is 25.9 Å². The number of para-hydroxylation sites is 1. The first-order chi connectivity index (χ1) is 12.6. The van der Waals surface area contributed by atoms with Crippen molar-refractivity contribution in [3.8, 4) is 5.69 Å². The van der Waals surface area contributed by atoms with Gasteiger partial charge in [0.1, 0.15) is 16.6 Å². The Morgan fingerprint density at radius 2 is 2.00 bits per heavy atom. The van der Waals surface area contributed by atoms with Crippen molar-refractivity contribution in [2.24, 2.45) is 0 Å². The Morgan fingerprint density at radius 3 is 2.77 bits per heavy atom. The number of benzene rings is 1. The first kappa shape index (κ1) is 17.0. The minimum Gasteiger partial charge on any atom is -0.240 e. The molecule has 0 saturated heterocycles. The van der Waals surface area contributed by atoms with Gasteiger partial charge in [0, 0.05) is 16.0 Å². The molecular formula is C20H20BrN2OS2+. The molecule has 5 rings (SSSR count). The summed E-state index contributed by atoms with van der Waals surface area (Å²) in [5.41, 5.74) is 2.42. The van der Waals surface area contributed by atoms with Gasteiger partial charge in [0.15, 0.2) is 4.83 Å². The van der Waals surface area contributed by atoms with Gasteiger partial charge in [-0.25, -0.2) is 9.36 Å². The van der Waals surface area contributed by atoms with Crippen molar-refractivity contribution < 1.29 is 4.57 Å². The normalized spacial score (nSPS) is 21.8. The molecule has 2 aromatic heterocycles. The number of hydrogen-bond acceptors (Lipinski definition) is 3. The van der Waals surface area contributed by atoms with Crippen molar-refractivity contribution >= 4 is 49.2 Å². The lowest BCUT2D eigenvalue weighted by Gasteiger charge is -2.19. The second-order valence-electron chi connectivity index (χ2n) is 7.40. The molecule has 3 heterocycles. The Labute approximate surface area is 169 Å². The van der Waals surface area contributed by atoms with Crippen LogP contribution >= 0.6 is 39.0 Å². The highest BCUT2D eigenvalue weighted by Gasteiger charge is 2.46. The van der Waals surface area contributed by atoms with Crippen LogP contribution < -0.4 is 10.1 Å². The first-order valence-corrected chi connectivity index (χ1v) is 12.0. The van der Waals surface area contributed by atoms with E-state index in [0.717, 1.165) is 40.2 Å². The van der Waals surface area contributed by atoms with Crippen LogP contribution in [0.4, 0.5) is 0 Å². The van der Waals surface area contributed by atoms with Crippen molar-refractivity contribution in [3.05, 3.63) is 51.1 Å². The van der Waals surface area contributed by atoms with Gasteiger partial charge in [-0.2, -0.15) is 4.57 Å². The van der Waals surface area contributed by atoms with Crippen molar-refractivity contribution in [3.63, 3.8) is 0 Å². The van der Waals surface area contributed by atoms with Crippen LogP contribution in [-0.4, -0.2) is 15.7 Å². The third-order valence-corrected chi connectivity index (χ3v) is 9.38. The van der Waals surface area contributed by atoms with E-state index in [2.05, 4.69) is 27.4 Å². The molecule has 1 aliphatic carbocycles. The molecule has 2 aliphatic rings. The van der Waals surface area contributed by atoms with Crippen LogP contribution in [0, 0.1) is 0 Å². The summed E-state index contributed by atoms with van der Waals surface area (Å²) in [6.45, 7) is 2.29. The maximum atomic E-state index is 13.7. The smallest absolute Gasteiger partial charge is 0.240 e. The van der Waals surface area contributed by atoms with Gasteiger partial charge in [0.05, 0.1) is 0 Å². The minimum absolute atomic E-state index is 0.0179. The van der Waals surface area contributed by atoms with Gasteiger partial charge >= 0.3 is 10.7 Å². The molecule has 0 amide bonds. The van der Waals surface area contributed by atoms with E-state index in [4.69, 9.17) is 0 Å². The number of thioether (sulfide) groups is 1. The van der Waals surface area contributed by atoms with E-state index < -0.39 is 0 Å². The van der Waals surface area contributed by atoms with Crippen LogP contribution in [0.2, 0.25) is 0 Å². The monoisotopic (exact) mass is 447 g/mol. The Balaban J connectivity index is 1.95. The number of hydrogen-bond donors (Lipinski definition) is 0. The maximum Gasteiger partial charge on any atom is 0.352 e. The standard InChI is InChI=1S/C20H20BrN2OS2/c1-20(11-21)12-25-19-22(13-7-3-2-4-8-13)17(24)16-14-9-5-6-10-15(14)26-18(16)23(19)20/h2-4,7-8H,5-6,9-12H2,1H3/q+1/t20-/m1/s1. The van der Waals surface area contributed by atoms with E-state index >= 15 is 0 Å². The molecule has 3 aromatic rings. The van der Waals surface area contributed by atoms with Crippen LogP contribution in [-0.2, 0) is 18.4 Å². The largest absolute Gasteiger partial charge is 0.352 e. The van der Waals surface area contributed by atoms with Gasteiger partial charge in [0.25, 0.3) is 0 Å². The van der Waals surface area contributed by atoms with Crippen LogP contribution in [0.5, 0.6) is 0 Å². The highest BCUT2D eigenvalue weighted by Crippen LogP contribution is 2.39. The second kappa shape index (κ2) is 6.21. The van der Waals surface area contributed by atoms with E-state index in [1.807, 2.05) is 46.2 Å². The van der Waals surface area contributed by atoms with E-state index in [0.29, 0.717) is 0 Å². The van der Waals surface area contributed by atoms with Crippen molar-refractivity contribution in [1.29, 1.82) is 0 Å². The fraction of sp³-hybridized carbons (Fsp3) is 0.400. The lowest BCUT2D eigenvalue weighted by atomic mass is 9.97. The molecule has 3 nitrogen and oxygen atoms in total. The highest BCUT2D eigenvalue weighted by molar-refractivity contribution is 9.09. The molecule has 6 heteroatoms. The Morgan fingerprint density at radius 1 is 1.23 bits per heavy atom. The van der Waals surface area contributed by atoms with Gasteiger partial charge in [-0.05, 0) is 62.1 Å². The number of aromatic nitrogens is 2. The van der Waals surface area contributed by atoms with Gasteiger partial charge < -0.3 is 0 Å². The number of halogens is 1. The van der Waals surface area contributed by atoms with Crippen LogP contribution in [0.25, 0.3) is 15.9 Å². The van der Waals surface area contributed by atoms with Crippen LogP contribution in [0.1, 0.15) is 30.2 Å². The third-order valence-electron chi connectivity index (χ3n) is 5.51. The quantitative estimate of drug-likeness (QED) is 0.329. The number of aryl methyl sites for hydroxylation is 2. The average Bonchev–Trinajstić information content (AvgIpc) is 3.22. The summed E-state index contributed by atoms with van der Waals surface area (Å²) >= 11 is 7.40. The molecule has 0 radical (unpaired) electrons. The van der Waals surface area contributed by atoms with E-state index in [-0.39, 0.29) is 11.1 Å². The number of thiophene rings is 1. The lowest BCUT2D eigenvalue weighted by molar-refractivity contribution is -0.758. The summed E-state index contributed by atoms with van der Waals surface area (Å²) in [7, 11) is 0. The number of alkyl halides is 1. The first-order valence-electron chi connectivity index (χ1n) is 9.04. The summed E-state index contributed by atoms with van der Waals surface area (Å²) < 4.78 is 4.39. The summed E-state index contributed by atoms with van der Waals surface area (Å²) in [4.78, 5) is 16.3. The zero-order valence-corrected chi connectivity index (χ0v) is 17.8. The van der Waals surface area contributed by atoms with E-state index in [9.17, 15) is 4.79 Å².